The van der Waals surface area contributed by atoms with Crippen LogP contribution < -0.4 is 4.89 Å². The van der Waals surface area contributed by atoms with Crippen LogP contribution in [0.2, 0.25) is 0 Å². The van der Waals surface area contributed by atoms with E-state index in [9.17, 15) is 19.0 Å². The van der Waals surface area contributed by atoms with E-state index in [4.69, 9.17) is 18.5 Å². The van der Waals surface area contributed by atoms with Gasteiger partial charge in [0.2, 0.25) is 0 Å². The van der Waals surface area contributed by atoms with Gasteiger partial charge in [-0.3, -0.25) is 14.2 Å². The first-order valence-electron chi connectivity index (χ1n) is 32.5. The first-order valence-corrected chi connectivity index (χ1v) is 34.0. The monoisotopic (exact) mass is 1160 g/mol. The second kappa shape index (κ2) is 61.5. The summed E-state index contributed by atoms with van der Waals surface area (Å²) in [6.07, 6.45) is 90.6. The zero-order valence-electron chi connectivity index (χ0n) is 52.9. The molecule has 10 heteroatoms. The molecule has 466 valence electrons. The number of phosphoric ester groups is 1. The first-order chi connectivity index (χ1) is 40.0. The molecule has 0 heterocycles. The lowest BCUT2D eigenvalue weighted by molar-refractivity contribution is -0.870. The zero-order valence-corrected chi connectivity index (χ0v) is 53.8. The second-order valence-corrected chi connectivity index (χ2v) is 23.8. The van der Waals surface area contributed by atoms with E-state index in [1.807, 2.05) is 21.1 Å². The van der Waals surface area contributed by atoms with Crippen LogP contribution in [0.15, 0.2) is 146 Å². The van der Waals surface area contributed by atoms with E-state index in [-0.39, 0.29) is 26.1 Å². The Labute approximate surface area is 503 Å². The second-order valence-electron chi connectivity index (χ2n) is 22.4. The number of allylic oxidation sites excluding steroid dienone is 24. The summed E-state index contributed by atoms with van der Waals surface area (Å²) in [5, 5.41) is 0. The van der Waals surface area contributed by atoms with Crippen LogP contribution >= 0.6 is 7.82 Å². The van der Waals surface area contributed by atoms with E-state index in [1.165, 1.54) is 96.3 Å². The largest absolute Gasteiger partial charge is 0.756 e. The summed E-state index contributed by atoms with van der Waals surface area (Å²) < 4.78 is 34.2. The standard InChI is InChI=1S/C72H120NO8P/c1-6-8-10-12-14-16-18-20-22-24-26-28-30-32-33-34-35-36-37-38-39-41-42-44-46-48-50-52-54-56-58-60-62-64-71(74)78-68-70(69-80-82(76,77)79-67-66-73(3,4)5)81-72(75)65-63-61-59-57-55-53-51-49-47-45-43-40-31-29-27-25-23-21-19-17-15-13-11-9-7-2/h8-11,14-17,20-23,26-29,32-33,40,43,47,49,53,55,70H,6-7,12-13,18-19,24-25,30-31,34-39,41-42,44-46,48,50-52,54,56-69H2,1-5H3/b10-8-,11-9-,16-14-,17-15-,22-20-,23-21-,28-26-,29-27-,33-32-,43-40-,49-47-,55-53-. The third-order valence-electron chi connectivity index (χ3n) is 13.4. The number of quaternary nitrogens is 1. The van der Waals surface area contributed by atoms with Crippen LogP contribution in [0, 0.1) is 0 Å². The first kappa shape index (κ1) is 77.9. The Morgan fingerprint density at radius 1 is 0.378 bits per heavy atom. The van der Waals surface area contributed by atoms with Crippen LogP contribution in [0.1, 0.15) is 245 Å². The molecule has 0 radical (unpaired) electrons. The van der Waals surface area contributed by atoms with Crippen molar-refractivity contribution in [2.24, 2.45) is 0 Å². The van der Waals surface area contributed by atoms with Gasteiger partial charge in [-0.15, -0.1) is 0 Å². The number of carbonyl (C=O) groups is 2. The Balaban J connectivity index is 4.15. The van der Waals surface area contributed by atoms with E-state index in [2.05, 4.69) is 160 Å². The van der Waals surface area contributed by atoms with Gasteiger partial charge in [-0.2, -0.15) is 0 Å². The number of phosphoric acid groups is 1. The molecule has 2 unspecified atom stereocenters. The molecule has 0 spiro atoms. The van der Waals surface area contributed by atoms with Gasteiger partial charge in [-0.25, -0.2) is 0 Å². The lowest BCUT2D eigenvalue weighted by Crippen LogP contribution is -2.37. The molecule has 0 aromatic carbocycles. The minimum absolute atomic E-state index is 0.0447. The van der Waals surface area contributed by atoms with Gasteiger partial charge in [0, 0.05) is 12.8 Å². The van der Waals surface area contributed by atoms with Gasteiger partial charge in [0.25, 0.3) is 7.82 Å². The molecule has 0 amide bonds. The van der Waals surface area contributed by atoms with Crippen LogP contribution in [0.3, 0.4) is 0 Å². The number of esters is 2. The quantitative estimate of drug-likeness (QED) is 0.0195. The molecule has 0 aliphatic rings. The Morgan fingerprint density at radius 2 is 0.659 bits per heavy atom. The number of unbranched alkanes of at least 4 members (excludes halogenated alkanes) is 20. The highest BCUT2D eigenvalue weighted by atomic mass is 31.2. The molecule has 0 aliphatic carbocycles. The van der Waals surface area contributed by atoms with Crippen molar-refractivity contribution in [3.05, 3.63) is 146 Å². The number of likely N-dealkylation sites (N-methyl/N-ethyl adjacent to an activating group) is 1. The molecule has 0 rings (SSSR count). The van der Waals surface area contributed by atoms with Crippen LogP contribution in [0.5, 0.6) is 0 Å². The summed E-state index contributed by atoms with van der Waals surface area (Å²) in [6, 6.07) is 0. The maximum atomic E-state index is 12.8. The summed E-state index contributed by atoms with van der Waals surface area (Å²) in [6.45, 7) is 3.97. The van der Waals surface area contributed by atoms with Gasteiger partial charge in [-0.1, -0.05) is 262 Å². The number of carbonyl (C=O) groups excluding carboxylic acids is 2. The summed E-state index contributed by atoms with van der Waals surface area (Å²) in [7, 11) is 1.13. The maximum absolute atomic E-state index is 12.8. The molecule has 0 fully saturated rings. The van der Waals surface area contributed by atoms with Crippen LogP contribution in [0.25, 0.3) is 0 Å². The lowest BCUT2D eigenvalue weighted by Gasteiger charge is -2.28. The Bertz CT molecular complexity index is 1890. The van der Waals surface area contributed by atoms with Gasteiger partial charge in [0.1, 0.15) is 19.8 Å². The van der Waals surface area contributed by atoms with E-state index in [1.54, 1.807) is 0 Å². The molecule has 2 atom stereocenters. The van der Waals surface area contributed by atoms with Gasteiger partial charge in [-0.05, 0) is 116 Å². The summed E-state index contributed by atoms with van der Waals surface area (Å²) in [4.78, 5) is 38.0. The predicted molar refractivity (Wildman–Crippen MR) is 350 cm³/mol. The highest BCUT2D eigenvalue weighted by molar-refractivity contribution is 7.45. The SMILES string of the molecule is CC/C=C\C/C=C\C/C=C\C/C=C\C/C=C\C/C=C\C/C=C\CCCCCC(=O)OC(COC(=O)CCCCCCCCCCCCCCCCCCC/C=C\C/C=C\C/C=C\C/C=C\C/C=C\CC)COP(=O)([O-])OCC[N+](C)(C)C. The minimum Gasteiger partial charge on any atom is -0.756 e. The fourth-order valence-corrected chi connectivity index (χ4v) is 9.16. The number of nitrogens with zero attached hydrogens (tertiary/aromatic N) is 1. The third kappa shape index (κ3) is 65.0. The molecular formula is C72H120NO8P. The van der Waals surface area contributed by atoms with Crippen molar-refractivity contribution in [1.82, 2.24) is 0 Å². The Kier molecular flexibility index (Phi) is 58.4. The van der Waals surface area contributed by atoms with E-state index in [0.717, 1.165) is 116 Å². The molecular weight excluding hydrogens is 1040 g/mol. The van der Waals surface area contributed by atoms with Crippen molar-refractivity contribution in [3.63, 3.8) is 0 Å². The van der Waals surface area contributed by atoms with Crippen molar-refractivity contribution >= 4 is 19.8 Å². The Hall–Kier alpha value is -4.11. The number of ether oxygens (including phenoxy) is 2. The maximum Gasteiger partial charge on any atom is 0.306 e. The fourth-order valence-electron chi connectivity index (χ4n) is 8.43. The van der Waals surface area contributed by atoms with Crippen molar-refractivity contribution in [3.8, 4) is 0 Å². The molecule has 0 aromatic heterocycles. The topological polar surface area (TPSA) is 111 Å². The number of rotatable bonds is 58. The van der Waals surface area contributed by atoms with Crippen molar-refractivity contribution < 1.29 is 42.1 Å². The average Bonchev–Trinajstić information content (AvgIpc) is 3.46. The van der Waals surface area contributed by atoms with Crippen molar-refractivity contribution in [1.29, 1.82) is 0 Å². The number of hydrogen-bond donors (Lipinski definition) is 0. The minimum atomic E-state index is -4.66. The molecule has 9 nitrogen and oxygen atoms in total. The van der Waals surface area contributed by atoms with E-state index in [0.29, 0.717) is 17.4 Å². The van der Waals surface area contributed by atoms with Gasteiger partial charge < -0.3 is 27.9 Å². The molecule has 0 saturated heterocycles. The Morgan fingerprint density at radius 3 is 0.988 bits per heavy atom. The van der Waals surface area contributed by atoms with Crippen molar-refractivity contribution in [2.45, 2.75) is 251 Å². The third-order valence-corrected chi connectivity index (χ3v) is 14.3. The summed E-state index contributed by atoms with van der Waals surface area (Å²) in [5.74, 6) is -0.877. The van der Waals surface area contributed by atoms with Gasteiger partial charge >= 0.3 is 11.9 Å². The highest BCUT2D eigenvalue weighted by Gasteiger charge is 2.22. The highest BCUT2D eigenvalue weighted by Crippen LogP contribution is 2.38. The normalized spacial score (nSPS) is 14.2. The molecule has 0 bridgehead atoms. The van der Waals surface area contributed by atoms with E-state index < -0.39 is 32.5 Å². The molecule has 0 aromatic rings. The molecule has 0 N–H and O–H groups in total. The van der Waals surface area contributed by atoms with Crippen LogP contribution in [-0.4, -0.2) is 70.0 Å². The van der Waals surface area contributed by atoms with Gasteiger partial charge in [0.15, 0.2) is 6.10 Å². The molecule has 82 heavy (non-hydrogen) atoms. The fraction of sp³-hybridized carbons (Fsp3) is 0.639. The lowest BCUT2D eigenvalue weighted by atomic mass is 10.0. The summed E-state index contributed by atoms with van der Waals surface area (Å²) in [5.41, 5.74) is 0. The molecule has 0 aliphatic heterocycles. The number of hydrogen-bond acceptors (Lipinski definition) is 8. The van der Waals surface area contributed by atoms with Crippen LogP contribution in [0.4, 0.5) is 0 Å². The molecule has 0 saturated carbocycles. The zero-order chi connectivity index (χ0) is 59.8. The summed E-state index contributed by atoms with van der Waals surface area (Å²) >= 11 is 0. The smallest absolute Gasteiger partial charge is 0.306 e. The van der Waals surface area contributed by atoms with Crippen LogP contribution in [-0.2, 0) is 32.7 Å². The predicted octanol–water partition coefficient (Wildman–Crippen LogP) is 20.4. The van der Waals surface area contributed by atoms with Crippen molar-refractivity contribution in [2.75, 3.05) is 47.5 Å². The van der Waals surface area contributed by atoms with E-state index >= 15 is 0 Å². The average molecular weight is 1160 g/mol. The van der Waals surface area contributed by atoms with Gasteiger partial charge in [0.05, 0.1) is 27.7 Å².